The lowest BCUT2D eigenvalue weighted by Crippen LogP contribution is -2.36. The van der Waals surface area contributed by atoms with E-state index in [1.807, 2.05) is 12.1 Å². The maximum Gasteiger partial charge on any atom is 0.303 e. The van der Waals surface area contributed by atoms with Gasteiger partial charge in [-0.25, -0.2) is 4.72 Å². The summed E-state index contributed by atoms with van der Waals surface area (Å²) in [5.41, 5.74) is 0. The Morgan fingerprint density at radius 1 is 1.36 bits per heavy atom. The second-order valence-corrected chi connectivity index (χ2v) is 8.02. The molecule has 1 saturated carbocycles. The van der Waals surface area contributed by atoms with E-state index in [-0.39, 0.29) is 12.5 Å². The fraction of sp³-hybridized carbons (Fsp3) is 0.500. The Labute approximate surface area is 159 Å². The molecule has 1 aliphatic carbocycles. The maximum absolute atomic E-state index is 12.1. The molecule has 0 aromatic heterocycles. The third-order valence-corrected chi connectivity index (χ3v) is 5.53. The first-order valence-electron chi connectivity index (χ1n) is 8.53. The smallest absolute Gasteiger partial charge is 0.303 e. The SMILES string of the molecule is O=C(O)CCCC=CC1CCCC(NS(=O)Oc2ccc(Br)cc2)C1. The van der Waals surface area contributed by atoms with Crippen LogP contribution in [0.1, 0.15) is 44.9 Å². The van der Waals surface area contributed by atoms with Crippen LogP contribution in [-0.4, -0.2) is 21.3 Å². The highest BCUT2D eigenvalue weighted by molar-refractivity contribution is 9.10. The number of carbonyl (C=O) groups is 1. The van der Waals surface area contributed by atoms with E-state index < -0.39 is 17.2 Å². The summed E-state index contributed by atoms with van der Waals surface area (Å²) in [6, 6.07) is 7.40. The quantitative estimate of drug-likeness (QED) is 0.451. The van der Waals surface area contributed by atoms with Crippen molar-refractivity contribution >= 4 is 33.2 Å². The Kier molecular flexibility index (Phi) is 8.64. The third kappa shape index (κ3) is 8.16. The monoisotopic (exact) mass is 429 g/mol. The van der Waals surface area contributed by atoms with Gasteiger partial charge in [-0.1, -0.05) is 34.5 Å². The summed E-state index contributed by atoms with van der Waals surface area (Å²) < 4.78 is 21.5. The summed E-state index contributed by atoms with van der Waals surface area (Å²) in [5.74, 6) is 0.268. The number of nitrogens with one attached hydrogen (secondary N) is 1. The average molecular weight is 430 g/mol. The Morgan fingerprint density at radius 3 is 2.84 bits per heavy atom. The summed E-state index contributed by atoms with van der Waals surface area (Å²) in [4.78, 5) is 10.5. The van der Waals surface area contributed by atoms with Crippen molar-refractivity contribution in [2.45, 2.75) is 51.0 Å². The molecule has 25 heavy (non-hydrogen) atoms. The highest BCUT2D eigenvalue weighted by Crippen LogP contribution is 2.26. The van der Waals surface area contributed by atoms with Crippen LogP contribution in [0.25, 0.3) is 0 Å². The van der Waals surface area contributed by atoms with Gasteiger partial charge in [-0.15, -0.1) is 0 Å². The van der Waals surface area contributed by atoms with Gasteiger partial charge < -0.3 is 9.29 Å². The molecule has 138 valence electrons. The van der Waals surface area contributed by atoms with Gasteiger partial charge in [0.1, 0.15) is 5.75 Å². The van der Waals surface area contributed by atoms with Crippen LogP contribution in [0.3, 0.4) is 0 Å². The molecule has 0 heterocycles. The van der Waals surface area contributed by atoms with Gasteiger partial charge in [-0.2, -0.15) is 4.21 Å². The van der Waals surface area contributed by atoms with E-state index in [4.69, 9.17) is 9.29 Å². The molecule has 1 aliphatic rings. The van der Waals surface area contributed by atoms with Crippen LogP contribution in [0, 0.1) is 5.92 Å². The summed E-state index contributed by atoms with van der Waals surface area (Å²) in [6.45, 7) is 0. The normalized spacial score (nSPS) is 22.0. The van der Waals surface area contributed by atoms with Crippen LogP contribution in [0.15, 0.2) is 40.9 Å². The number of rotatable bonds is 9. The van der Waals surface area contributed by atoms with Gasteiger partial charge in [0.2, 0.25) is 0 Å². The summed E-state index contributed by atoms with van der Waals surface area (Å²) in [5, 5.41) is 8.62. The van der Waals surface area contributed by atoms with E-state index in [1.54, 1.807) is 12.1 Å². The number of carboxylic acids is 1. The lowest BCUT2D eigenvalue weighted by molar-refractivity contribution is -0.137. The van der Waals surface area contributed by atoms with Crippen molar-refractivity contribution in [3.05, 3.63) is 40.9 Å². The van der Waals surface area contributed by atoms with Crippen LogP contribution >= 0.6 is 15.9 Å². The van der Waals surface area contributed by atoms with Crippen molar-refractivity contribution in [3.8, 4) is 5.75 Å². The molecule has 1 aromatic carbocycles. The van der Waals surface area contributed by atoms with E-state index in [0.717, 1.165) is 36.6 Å². The van der Waals surface area contributed by atoms with Crippen molar-refractivity contribution < 1.29 is 18.3 Å². The van der Waals surface area contributed by atoms with Crippen molar-refractivity contribution in [1.82, 2.24) is 4.72 Å². The number of allylic oxidation sites excluding steroid dienone is 2. The van der Waals surface area contributed by atoms with E-state index in [0.29, 0.717) is 18.1 Å². The average Bonchev–Trinajstić information content (AvgIpc) is 2.57. The Bertz CT molecular complexity index is 606. The summed E-state index contributed by atoms with van der Waals surface area (Å²) >= 11 is 1.79. The van der Waals surface area contributed by atoms with Crippen molar-refractivity contribution in [2.75, 3.05) is 0 Å². The topological polar surface area (TPSA) is 75.6 Å². The Balaban J connectivity index is 1.72. The highest BCUT2D eigenvalue weighted by atomic mass is 79.9. The molecule has 7 heteroatoms. The van der Waals surface area contributed by atoms with E-state index >= 15 is 0 Å². The zero-order valence-electron chi connectivity index (χ0n) is 14.0. The molecule has 5 nitrogen and oxygen atoms in total. The van der Waals surface area contributed by atoms with E-state index in [9.17, 15) is 9.00 Å². The van der Waals surface area contributed by atoms with Crippen LogP contribution in [0.5, 0.6) is 5.75 Å². The highest BCUT2D eigenvalue weighted by Gasteiger charge is 2.22. The van der Waals surface area contributed by atoms with Gasteiger partial charge >= 0.3 is 5.97 Å². The second-order valence-electron chi connectivity index (χ2n) is 6.23. The van der Waals surface area contributed by atoms with Crippen LogP contribution in [0.4, 0.5) is 0 Å². The molecule has 0 amide bonds. The first-order chi connectivity index (χ1) is 12.0. The van der Waals surface area contributed by atoms with Crippen LogP contribution in [-0.2, 0) is 16.1 Å². The van der Waals surface area contributed by atoms with Gasteiger partial charge in [0.25, 0.3) is 11.3 Å². The standard InChI is InChI=1S/C18H24BrNO4S/c19-15-9-11-17(12-10-15)24-25(23)20-16-7-4-6-14(13-16)5-2-1-3-8-18(21)22/h2,5,9-12,14,16,20H,1,3-4,6-8,13H2,(H,21,22). The molecular weight excluding hydrogens is 406 g/mol. The molecule has 2 rings (SSSR count). The third-order valence-electron chi connectivity index (χ3n) is 4.13. The van der Waals surface area contributed by atoms with E-state index in [2.05, 4.69) is 32.8 Å². The van der Waals surface area contributed by atoms with E-state index in [1.165, 1.54) is 0 Å². The van der Waals surface area contributed by atoms with Crippen LogP contribution in [0.2, 0.25) is 0 Å². The molecule has 0 spiro atoms. The number of halogens is 1. The van der Waals surface area contributed by atoms with Gasteiger partial charge in [-0.05, 0) is 62.3 Å². The predicted octanol–water partition coefficient (Wildman–Crippen LogP) is 4.37. The molecule has 2 N–H and O–H groups in total. The van der Waals surface area contributed by atoms with Crippen molar-refractivity contribution in [2.24, 2.45) is 5.92 Å². The molecule has 0 radical (unpaired) electrons. The Morgan fingerprint density at radius 2 is 2.12 bits per heavy atom. The molecule has 1 fully saturated rings. The number of aliphatic carboxylic acids is 1. The maximum atomic E-state index is 12.1. The number of hydrogen-bond acceptors (Lipinski definition) is 3. The molecule has 0 bridgehead atoms. The lowest BCUT2D eigenvalue weighted by atomic mass is 9.86. The predicted molar refractivity (Wildman–Crippen MR) is 102 cm³/mol. The van der Waals surface area contributed by atoms with Crippen LogP contribution < -0.4 is 8.91 Å². The molecule has 0 saturated heterocycles. The fourth-order valence-corrected chi connectivity index (χ4v) is 3.99. The zero-order chi connectivity index (χ0) is 18.1. The minimum absolute atomic E-state index is 0.165. The minimum Gasteiger partial charge on any atom is -0.481 e. The molecule has 1 aromatic rings. The largest absolute Gasteiger partial charge is 0.481 e. The first-order valence-corrected chi connectivity index (χ1v) is 10.4. The number of benzene rings is 1. The molecule has 3 unspecified atom stereocenters. The van der Waals surface area contributed by atoms with Gasteiger partial charge in [0.15, 0.2) is 0 Å². The fourth-order valence-electron chi connectivity index (χ4n) is 2.91. The lowest BCUT2D eigenvalue weighted by Gasteiger charge is -2.27. The van der Waals surface area contributed by atoms with Gasteiger partial charge in [0, 0.05) is 16.9 Å². The number of unbranched alkanes of at least 4 members (excludes halogenated alkanes) is 1. The Hall–Kier alpha value is -1.18. The van der Waals surface area contributed by atoms with Gasteiger partial charge in [0.05, 0.1) is 0 Å². The van der Waals surface area contributed by atoms with Crippen molar-refractivity contribution in [1.29, 1.82) is 0 Å². The zero-order valence-corrected chi connectivity index (χ0v) is 16.4. The summed E-state index contributed by atoms with van der Waals surface area (Å²) in [6.07, 6.45) is 10.0. The summed E-state index contributed by atoms with van der Waals surface area (Å²) in [7, 11) is 0. The number of hydrogen-bond donors (Lipinski definition) is 2. The second kappa shape index (κ2) is 10.7. The first kappa shape index (κ1) is 20.1. The molecular formula is C18H24BrNO4S. The number of carboxylic acid groups (broad SMARTS) is 1. The molecule has 3 atom stereocenters. The molecule has 0 aliphatic heterocycles. The van der Waals surface area contributed by atoms with Gasteiger partial charge in [-0.3, -0.25) is 4.79 Å². The van der Waals surface area contributed by atoms with Crippen molar-refractivity contribution in [3.63, 3.8) is 0 Å². The minimum atomic E-state index is -1.56.